The summed E-state index contributed by atoms with van der Waals surface area (Å²) in [4.78, 5) is 38.6. The van der Waals surface area contributed by atoms with E-state index in [0.29, 0.717) is 32.5 Å². The highest BCUT2D eigenvalue weighted by Crippen LogP contribution is 2.36. The maximum atomic E-state index is 14.8. The quantitative estimate of drug-likeness (QED) is 0.406. The Morgan fingerprint density at radius 3 is 2.80 bits per heavy atom. The van der Waals surface area contributed by atoms with Gasteiger partial charge in [0.1, 0.15) is 11.4 Å². The molecule has 4 aromatic heterocycles. The van der Waals surface area contributed by atoms with Crippen LogP contribution >= 0.6 is 22.9 Å². The largest absolute Gasteiger partial charge is 0.354 e. The molecule has 0 unspecified atom stereocenters. The number of hydrogen-bond acceptors (Lipinski definition) is 6. The lowest BCUT2D eigenvalue weighted by Crippen LogP contribution is -2.38. The monoisotopic (exact) mass is 512 g/mol. The van der Waals surface area contributed by atoms with Crippen LogP contribution in [-0.2, 0) is 0 Å². The van der Waals surface area contributed by atoms with E-state index < -0.39 is 5.82 Å². The van der Waals surface area contributed by atoms with Gasteiger partial charge in [-0.3, -0.25) is 9.59 Å². The minimum Gasteiger partial charge on any atom is -0.354 e. The van der Waals surface area contributed by atoms with Gasteiger partial charge in [0, 0.05) is 25.3 Å². The van der Waals surface area contributed by atoms with Crippen LogP contribution in [0.25, 0.3) is 22.6 Å². The Balaban J connectivity index is 1.52. The van der Waals surface area contributed by atoms with Gasteiger partial charge in [-0.05, 0) is 56.0 Å². The summed E-state index contributed by atoms with van der Waals surface area (Å²) in [6, 6.07) is 7.74. The zero-order valence-corrected chi connectivity index (χ0v) is 20.4. The van der Waals surface area contributed by atoms with Crippen molar-refractivity contribution in [2.24, 2.45) is 0 Å². The van der Waals surface area contributed by atoms with Crippen LogP contribution in [0, 0.1) is 5.82 Å². The lowest BCUT2D eigenvalue weighted by Gasteiger charge is -2.31. The molecule has 180 valence electrons. The average Bonchev–Trinajstić information content (AvgIpc) is 3.47. The third-order valence-corrected chi connectivity index (χ3v) is 7.38. The Morgan fingerprint density at radius 1 is 1.20 bits per heavy atom. The lowest BCUT2D eigenvalue weighted by atomic mass is 9.90. The fourth-order valence-electron chi connectivity index (χ4n) is 4.56. The molecule has 11 heteroatoms. The first-order valence-electron chi connectivity index (χ1n) is 11.2. The van der Waals surface area contributed by atoms with E-state index in [1.54, 1.807) is 24.4 Å². The molecule has 0 aromatic carbocycles. The molecule has 1 fully saturated rings. The number of thiophene rings is 1. The second-order valence-corrected chi connectivity index (χ2v) is 10.1. The van der Waals surface area contributed by atoms with E-state index in [-0.39, 0.29) is 35.3 Å². The number of carbonyl (C=O) groups is 2. The minimum absolute atomic E-state index is 0.0703. The first-order valence-corrected chi connectivity index (χ1v) is 12.4. The summed E-state index contributed by atoms with van der Waals surface area (Å²) in [5.41, 5.74) is 1.56. The van der Waals surface area contributed by atoms with Crippen LogP contribution in [0.2, 0.25) is 4.34 Å². The number of carbonyl (C=O) groups excluding carboxylic acids is 2. The fraction of sp³-hybridized carbons (Fsp3) is 0.292. The van der Waals surface area contributed by atoms with Crippen LogP contribution in [0.5, 0.6) is 0 Å². The van der Waals surface area contributed by atoms with Crippen molar-refractivity contribution in [3.63, 3.8) is 0 Å². The Bertz CT molecular complexity index is 1420. The van der Waals surface area contributed by atoms with Crippen LogP contribution in [0.3, 0.4) is 0 Å². The lowest BCUT2D eigenvalue weighted by molar-refractivity contribution is 0.0923. The second kappa shape index (κ2) is 9.71. The Hall–Kier alpha value is -3.37. The van der Waals surface area contributed by atoms with E-state index in [9.17, 15) is 14.0 Å². The summed E-state index contributed by atoms with van der Waals surface area (Å²) in [5.74, 6) is -0.605. The molecule has 0 bridgehead atoms. The number of fused-ring (bicyclic) bond motifs is 1. The molecule has 1 saturated carbocycles. The summed E-state index contributed by atoms with van der Waals surface area (Å²) in [7, 11) is 1.53. The van der Waals surface area contributed by atoms with Gasteiger partial charge in [-0.1, -0.05) is 11.6 Å². The molecule has 0 spiro atoms. The number of amides is 2. The van der Waals surface area contributed by atoms with Crippen molar-refractivity contribution in [1.82, 2.24) is 30.2 Å². The van der Waals surface area contributed by atoms with Crippen LogP contribution in [0.4, 0.5) is 4.39 Å². The predicted octanol–water partition coefficient (Wildman–Crippen LogP) is 4.62. The van der Waals surface area contributed by atoms with Crippen molar-refractivity contribution in [3.8, 4) is 11.5 Å². The molecule has 5 rings (SSSR count). The number of aromatic nitrogens is 4. The van der Waals surface area contributed by atoms with Crippen molar-refractivity contribution in [2.45, 2.75) is 37.8 Å². The van der Waals surface area contributed by atoms with E-state index in [1.165, 1.54) is 36.7 Å². The Morgan fingerprint density at radius 2 is 2.06 bits per heavy atom. The molecular formula is C24H22ClFN6O2S. The van der Waals surface area contributed by atoms with Gasteiger partial charge in [0.25, 0.3) is 11.8 Å². The standard InChI is InChI=1S/C24H22ClFN6O2S/c1-27-23(33)17-11-16-18(12-29-17)32(22(31-16)21-15(26)6-3-9-28-21)14-5-2-4-13(10-14)30-24(34)19-7-8-20(25)35-19/h3,6-9,11-14H,2,4-5,10H2,1H3,(H,27,33)(H,30,34)/t13-,14+/m1/s1. The van der Waals surface area contributed by atoms with Gasteiger partial charge in [0.15, 0.2) is 11.6 Å². The molecule has 1 aliphatic carbocycles. The van der Waals surface area contributed by atoms with Gasteiger partial charge < -0.3 is 15.2 Å². The molecule has 0 aliphatic heterocycles. The number of nitrogens with zero attached hydrogens (tertiary/aromatic N) is 4. The molecular weight excluding hydrogens is 491 g/mol. The predicted molar refractivity (Wildman–Crippen MR) is 132 cm³/mol. The Labute approximate surface area is 209 Å². The molecule has 2 N–H and O–H groups in total. The van der Waals surface area contributed by atoms with E-state index in [1.807, 2.05) is 4.57 Å². The zero-order valence-electron chi connectivity index (χ0n) is 18.8. The van der Waals surface area contributed by atoms with Crippen LogP contribution in [0.1, 0.15) is 51.9 Å². The van der Waals surface area contributed by atoms with Crippen molar-refractivity contribution in [2.75, 3.05) is 7.05 Å². The average molecular weight is 513 g/mol. The van der Waals surface area contributed by atoms with Gasteiger partial charge in [0.2, 0.25) is 0 Å². The molecule has 35 heavy (non-hydrogen) atoms. The van der Waals surface area contributed by atoms with Crippen molar-refractivity contribution >= 4 is 45.8 Å². The highest BCUT2D eigenvalue weighted by Gasteiger charge is 2.30. The summed E-state index contributed by atoms with van der Waals surface area (Å²) in [6.07, 6.45) is 6.27. The van der Waals surface area contributed by atoms with Crippen molar-refractivity contribution in [1.29, 1.82) is 0 Å². The van der Waals surface area contributed by atoms with Crippen LogP contribution < -0.4 is 10.6 Å². The van der Waals surface area contributed by atoms with Crippen molar-refractivity contribution in [3.05, 3.63) is 63.5 Å². The molecule has 4 heterocycles. The van der Waals surface area contributed by atoms with E-state index in [0.717, 1.165) is 19.3 Å². The van der Waals surface area contributed by atoms with Gasteiger partial charge >= 0.3 is 0 Å². The molecule has 1 aliphatic rings. The van der Waals surface area contributed by atoms with Crippen molar-refractivity contribution < 1.29 is 14.0 Å². The molecule has 8 nitrogen and oxygen atoms in total. The van der Waals surface area contributed by atoms with Gasteiger partial charge in [-0.25, -0.2) is 19.3 Å². The molecule has 2 amide bonds. The summed E-state index contributed by atoms with van der Waals surface area (Å²) >= 11 is 7.22. The molecule has 4 aromatic rings. The SMILES string of the molecule is CNC(=O)c1cc2nc(-c3ncccc3F)n([C@H]3CCC[C@@H](NC(=O)c4ccc(Cl)s4)C3)c2cn1. The van der Waals surface area contributed by atoms with Crippen LogP contribution in [-0.4, -0.2) is 44.4 Å². The highest BCUT2D eigenvalue weighted by molar-refractivity contribution is 7.18. The normalized spacial score (nSPS) is 17.9. The summed E-state index contributed by atoms with van der Waals surface area (Å²) in [6.45, 7) is 0. The number of hydrogen-bond donors (Lipinski definition) is 2. The minimum atomic E-state index is -0.487. The second-order valence-electron chi connectivity index (χ2n) is 8.37. The number of pyridine rings is 2. The topological polar surface area (TPSA) is 102 Å². The van der Waals surface area contributed by atoms with Gasteiger partial charge in [-0.15, -0.1) is 11.3 Å². The molecule has 2 atom stereocenters. The first-order chi connectivity index (χ1) is 16.9. The molecule has 0 radical (unpaired) electrons. The van der Waals surface area contributed by atoms with Crippen LogP contribution in [0.15, 0.2) is 42.7 Å². The summed E-state index contributed by atoms with van der Waals surface area (Å²) < 4.78 is 17.3. The smallest absolute Gasteiger partial charge is 0.269 e. The number of rotatable bonds is 5. The summed E-state index contributed by atoms with van der Waals surface area (Å²) in [5, 5.41) is 5.67. The van der Waals surface area contributed by atoms with E-state index in [4.69, 9.17) is 11.6 Å². The first kappa shape index (κ1) is 23.4. The van der Waals surface area contributed by atoms with Gasteiger partial charge in [0.05, 0.1) is 26.4 Å². The maximum Gasteiger partial charge on any atom is 0.269 e. The molecule has 0 saturated heterocycles. The number of halogens is 2. The van der Waals surface area contributed by atoms with E-state index in [2.05, 4.69) is 25.6 Å². The Kier molecular flexibility index (Phi) is 6.48. The van der Waals surface area contributed by atoms with E-state index >= 15 is 0 Å². The zero-order chi connectivity index (χ0) is 24.5. The highest BCUT2D eigenvalue weighted by atomic mass is 35.5. The number of nitrogens with one attached hydrogen (secondary N) is 2. The van der Waals surface area contributed by atoms with Gasteiger partial charge in [-0.2, -0.15) is 0 Å². The number of imidazole rings is 1. The fourth-order valence-corrected chi connectivity index (χ4v) is 5.50. The maximum absolute atomic E-state index is 14.8. The third-order valence-electron chi connectivity index (χ3n) is 6.15. The third kappa shape index (κ3) is 4.63.